The van der Waals surface area contributed by atoms with Gasteiger partial charge >= 0.3 is 0 Å². The van der Waals surface area contributed by atoms with Gasteiger partial charge in [0.2, 0.25) is 5.91 Å². The molecule has 1 unspecified atom stereocenters. The van der Waals surface area contributed by atoms with Crippen molar-refractivity contribution in [1.29, 1.82) is 0 Å². The van der Waals surface area contributed by atoms with Gasteiger partial charge in [-0.05, 0) is 100 Å². The smallest absolute Gasteiger partial charge is 0.275 e. The Labute approximate surface area is 206 Å². The van der Waals surface area contributed by atoms with Crippen molar-refractivity contribution in [3.8, 4) is 11.3 Å². The van der Waals surface area contributed by atoms with Crippen molar-refractivity contribution in [3.05, 3.63) is 63.9 Å². The summed E-state index contributed by atoms with van der Waals surface area (Å²) in [6, 6.07) is 14.0. The van der Waals surface area contributed by atoms with Gasteiger partial charge < -0.3 is 5.32 Å². The van der Waals surface area contributed by atoms with Gasteiger partial charge in [-0.25, -0.2) is 4.68 Å². The third kappa shape index (κ3) is 3.89. The first-order valence-corrected chi connectivity index (χ1v) is 13.2. The van der Waals surface area contributed by atoms with Crippen LogP contribution in [0, 0.1) is 37.0 Å². The Hall–Kier alpha value is -2.95. The number of fused-ring (bicyclic) bond motifs is 1. The summed E-state index contributed by atoms with van der Waals surface area (Å²) >= 11 is 0. The van der Waals surface area contributed by atoms with E-state index in [0.29, 0.717) is 5.39 Å². The zero-order chi connectivity index (χ0) is 24.3. The van der Waals surface area contributed by atoms with E-state index in [4.69, 9.17) is 5.10 Å². The maximum Gasteiger partial charge on any atom is 0.275 e. The number of amides is 1. The molecule has 1 atom stereocenters. The highest BCUT2D eigenvalue weighted by Crippen LogP contribution is 2.61. The Morgan fingerprint density at radius 1 is 1.03 bits per heavy atom. The minimum Gasteiger partial charge on any atom is -0.351 e. The van der Waals surface area contributed by atoms with E-state index >= 15 is 0 Å². The number of carbonyl (C=O) groups is 1. The summed E-state index contributed by atoms with van der Waals surface area (Å²) in [5.41, 5.74) is 4.00. The predicted octanol–water partition coefficient (Wildman–Crippen LogP) is 5.40. The number of aromatic nitrogens is 2. The number of nitrogens with zero attached hydrogens (tertiary/aromatic N) is 2. The maximum absolute atomic E-state index is 13.3. The van der Waals surface area contributed by atoms with E-state index < -0.39 is 0 Å². The van der Waals surface area contributed by atoms with Crippen LogP contribution in [0.5, 0.6) is 0 Å². The van der Waals surface area contributed by atoms with Gasteiger partial charge in [0.15, 0.2) is 0 Å². The summed E-state index contributed by atoms with van der Waals surface area (Å²) in [7, 11) is 0. The summed E-state index contributed by atoms with van der Waals surface area (Å²) in [4.78, 5) is 26.6. The number of aryl methyl sites for hydroxylation is 2. The monoisotopic (exact) mass is 469 g/mol. The van der Waals surface area contributed by atoms with Crippen LogP contribution in [0.3, 0.4) is 0 Å². The molecule has 182 valence electrons. The van der Waals surface area contributed by atoms with Crippen molar-refractivity contribution in [2.24, 2.45) is 23.2 Å². The van der Waals surface area contributed by atoms with Gasteiger partial charge in [-0.15, -0.1) is 0 Å². The van der Waals surface area contributed by atoms with E-state index in [2.05, 4.69) is 44.3 Å². The lowest BCUT2D eigenvalue weighted by Gasteiger charge is -2.59. The SMILES string of the molecule is Cc1ccc(C)c(-c2nn(CC(=O)NC(C)C34CC5CC(CC(C5)C3)C4)c(=O)c3ccccc23)c1. The van der Waals surface area contributed by atoms with Crippen LogP contribution in [0.25, 0.3) is 22.0 Å². The molecule has 0 aliphatic heterocycles. The van der Waals surface area contributed by atoms with E-state index in [1.165, 1.54) is 43.2 Å². The Morgan fingerprint density at radius 3 is 2.31 bits per heavy atom. The molecule has 0 spiro atoms. The van der Waals surface area contributed by atoms with Gasteiger partial charge in [0, 0.05) is 17.0 Å². The molecule has 1 heterocycles. The first-order valence-electron chi connectivity index (χ1n) is 13.2. The molecule has 7 rings (SSSR count). The fourth-order valence-corrected chi connectivity index (χ4v) is 7.82. The first kappa shape index (κ1) is 22.5. The van der Waals surface area contributed by atoms with Gasteiger partial charge in [-0.3, -0.25) is 9.59 Å². The molecule has 4 aliphatic carbocycles. The van der Waals surface area contributed by atoms with E-state index in [-0.39, 0.29) is 29.5 Å². The minimum atomic E-state index is -0.215. The number of hydrogen-bond donors (Lipinski definition) is 1. The summed E-state index contributed by atoms with van der Waals surface area (Å²) in [6.07, 6.45) is 7.88. The molecule has 4 fully saturated rings. The van der Waals surface area contributed by atoms with Gasteiger partial charge in [-0.1, -0.05) is 35.9 Å². The molecular weight excluding hydrogens is 434 g/mol. The molecule has 5 heteroatoms. The molecule has 4 aliphatic rings. The van der Waals surface area contributed by atoms with Gasteiger partial charge in [-0.2, -0.15) is 5.10 Å². The Kier molecular flexibility index (Phi) is 5.35. The zero-order valence-corrected chi connectivity index (χ0v) is 21.0. The van der Waals surface area contributed by atoms with Gasteiger partial charge in [0.05, 0.1) is 11.1 Å². The molecule has 1 aromatic heterocycles. The maximum atomic E-state index is 13.3. The lowest BCUT2D eigenvalue weighted by molar-refractivity contribution is -0.126. The molecule has 1 N–H and O–H groups in total. The molecule has 35 heavy (non-hydrogen) atoms. The van der Waals surface area contributed by atoms with Crippen molar-refractivity contribution in [2.75, 3.05) is 0 Å². The molecule has 3 aromatic rings. The summed E-state index contributed by atoms with van der Waals surface area (Å²) in [5, 5.41) is 9.48. The van der Waals surface area contributed by atoms with Crippen molar-refractivity contribution >= 4 is 16.7 Å². The first-order chi connectivity index (χ1) is 16.8. The highest BCUT2D eigenvalue weighted by Gasteiger charge is 2.53. The van der Waals surface area contributed by atoms with E-state index in [0.717, 1.165) is 45.5 Å². The second kappa shape index (κ2) is 8.32. The van der Waals surface area contributed by atoms with Crippen molar-refractivity contribution in [3.63, 3.8) is 0 Å². The number of benzene rings is 2. The zero-order valence-electron chi connectivity index (χ0n) is 21.0. The Balaban J connectivity index is 1.30. The quantitative estimate of drug-likeness (QED) is 0.544. The van der Waals surface area contributed by atoms with Crippen LogP contribution in [0.1, 0.15) is 56.6 Å². The van der Waals surface area contributed by atoms with Crippen molar-refractivity contribution in [1.82, 2.24) is 15.1 Å². The van der Waals surface area contributed by atoms with E-state index in [1.807, 2.05) is 24.3 Å². The fraction of sp³-hybridized carbons (Fsp3) is 0.500. The lowest BCUT2D eigenvalue weighted by atomic mass is 9.48. The average Bonchev–Trinajstić information content (AvgIpc) is 2.82. The van der Waals surface area contributed by atoms with Crippen molar-refractivity contribution in [2.45, 2.75) is 71.9 Å². The Bertz CT molecular complexity index is 1340. The number of rotatable bonds is 5. The Morgan fingerprint density at radius 2 is 1.66 bits per heavy atom. The second-order valence-corrected chi connectivity index (χ2v) is 11.7. The van der Waals surface area contributed by atoms with Gasteiger partial charge in [0.1, 0.15) is 6.54 Å². The summed E-state index contributed by atoms with van der Waals surface area (Å²) < 4.78 is 1.36. The summed E-state index contributed by atoms with van der Waals surface area (Å²) in [5.74, 6) is 2.39. The largest absolute Gasteiger partial charge is 0.351 e. The van der Waals surface area contributed by atoms with Crippen LogP contribution in [0.4, 0.5) is 0 Å². The molecule has 4 saturated carbocycles. The average molecular weight is 470 g/mol. The molecule has 5 nitrogen and oxygen atoms in total. The predicted molar refractivity (Wildman–Crippen MR) is 139 cm³/mol. The van der Waals surface area contributed by atoms with Crippen LogP contribution in [0.15, 0.2) is 47.3 Å². The molecule has 2 aromatic carbocycles. The third-order valence-corrected chi connectivity index (χ3v) is 9.19. The molecule has 1 amide bonds. The van der Waals surface area contributed by atoms with Crippen LogP contribution in [0.2, 0.25) is 0 Å². The molecule has 0 radical (unpaired) electrons. The normalized spacial score (nSPS) is 27.8. The topological polar surface area (TPSA) is 64.0 Å². The highest BCUT2D eigenvalue weighted by molar-refractivity contribution is 5.94. The van der Waals surface area contributed by atoms with Crippen LogP contribution >= 0.6 is 0 Å². The van der Waals surface area contributed by atoms with Crippen LogP contribution in [-0.4, -0.2) is 21.7 Å². The third-order valence-electron chi connectivity index (χ3n) is 9.19. The molecule has 0 saturated heterocycles. The summed E-state index contributed by atoms with van der Waals surface area (Å²) in [6.45, 7) is 6.24. The van der Waals surface area contributed by atoms with Crippen LogP contribution in [-0.2, 0) is 11.3 Å². The number of nitrogens with one attached hydrogen (secondary N) is 1. The lowest BCUT2D eigenvalue weighted by Crippen LogP contribution is -2.56. The van der Waals surface area contributed by atoms with E-state index in [9.17, 15) is 9.59 Å². The number of hydrogen-bond acceptors (Lipinski definition) is 3. The van der Waals surface area contributed by atoms with Crippen molar-refractivity contribution < 1.29 is 4.79 Å². The second-order valence-electron chi connectivity index (χ2n) is 11.7. The molecule has 4 bridgehead atoms. The van der Waals surface area contributed by atoms with E-state index in [1.54, 1.807) is 0 Å². The number of carbonyl (C=O) groups excluding carboxylic acids is 1. The highest BCUT2D eigenvalue weighted by atomic mass is 16.2. The van der Waals surface area contributed by atoms with Crippen LogP contribution < -0.4 is 10.9 Å². The fourth-order valence-electron chi connectivity index (χ4n) is 7.82. The standard InChI is InChI=1S/C30H35N3O2/c1-18-8-9-19(2)26(10-18)28-24-6-4-5-7-25(24)29(35)33(32-28)17-27(34)31-20(3)30-14-21-11-22(15-30)13-23(12-21)16-30/h4-10,20-23H,11-17H2,1-3H3,(H,31,34). The minimum absolute atomic E-state index is 0.0573. The molecular formula is C30H35N3O2. The van der Waals surface area contributed by atoms with Gasteiger partial charge in [0.25, 0.3) is 5.56 Å².